The number of aliphatic carboxylic acids is 2. The number of carboxylic acids is 2. The van der Waals surface area contributed by atoms with Crippen molar-refractivity contribution in [3.63, 3.8) is 0 Å². The SMILES string of the molecule is NCC(=O)NCC(=O)O.NCC(=O)NCC(=O)O.[Cu]. The van der Waals surface area contributed by atoms with E-state index in [2.05, 4.69) is 10.6 Å². The van der Waals surface area contributed by atoms with Gasteiger partial charge in [-0.2, -0.15) is 0 Å². The number of nitrogens with two attached hydrogens (primary N) is 2. The average molecular weight is 328 g/mol. The molecule has 0 aromatic rings. The summed E-state index contributed by atoms with van der Waals surface area (Å²) in [5.41, 5.74) is 9.71. The molecule has 115 valence electrons. The second kappa shape index (κ2) is 14.4. The second-order valence-electron chi connectivity index (χ2n) is 2.75. The smallest absolute Gasteiger partial charge is 0.322 e. The van der Waals surface area contributed by atoms with E-state index in [-0.39, 0.29) is 43.2 Å². The van der Waals surface area contributed by atoms with Gasteiger partial charge in [-0.3, -0.25) is 19.2 Å². The van der Waals surface area contributed by atoms with Crippen molar-refractivity contribution in [3.8, 4) is 0 Å². The van der Waals surface area contributed by atoms with Gasteiger partial charge in [0, 0.05) is 17.1 Å². The number of hydrogen-bond acceptors (Lipinski definition) is 6. The van der Waals surface area contributed by atoms with Crippen molar-refractivity contribution in [2.75, 3.05) is 26.2 Å². The van der Waals surface area contributed by atoms with Crippen LogP contribution in [0.5, 0.6) is 0 Å². The fraction of sp³-hybridized carbons (Fsp3) is 0.500. The Balaban J connectivity index is -0.000000256. The van der Waals surface area contributed by atoms with Crippen molar-refractivity contribution < 1.29 is 46.5 Å². The maximum absolute atomic E-state index is 10.2. The van der Waals surface area contributed by atoms with Gasteiger partial charge in [0.25, 0.3) is 0 Å². The molecule has 10 nitrogen and oxygen atoms in total. The number of carbonyl (C=O) groups is 4. The molecule has 0 atom stereocenters. The monoisotopic (exact) mass is 327 g/mol. The molecule has 0 unspecified atom stereocenters. The molecule has 0 aromatic heterocycles. The maximum atomic E-state index is 10.2. The van der Waals surface area contributed by atoms with E-state index in [1.165, 1.54) is 0 Å². The molecule has 0 rings (SSSR count). The van der Waals surface area contributed by atoms with Crippen LogP contribution in [0.3, 0.4) is 0 Å². The van der Waals surface area contributed by atoms with E-state index >= 15 is 0 Å². The van der Waals surface area contributed by atoms with E-state index in [0.717, 1.165) is 0 Å². The molecule has 0 saturated heterocycles. The second-order valence-corrected chi connectivity index (χ2v) is 2.75. The molecule has 2 amide bonds. The van der Waals surface area contributed by atoms with E-state index in [4.69, 9.17) is 21.7 Å². The van der Waals surface area contributed by atoms with Crippen LogP contribution in [0.15, 0.2) is 0 Å². The van der Waals surface area contributed by atoms with Gasteiger partial charge in [0.1, 0.15) is 13.1 Å². The van der Waals surface area contributed by atoms with Crippen molar-refractivity contribution in [1.82, 2.24) is 10.6 Å². The van der Waals surface area contributed by atoms with E-state index in [0.29, 0.717) is 0 Å². The zero-order chi connectivity index (χ0) is 14.6. The Morgan fingerprint density at radius 3 is 1.21 bits per heavy atom. The zero-order valence-electron chi connectivity index (χ0n) is 9.81. The Hall–Kier alpha value is -1.68. The van der Waals surface area contributed by atoms with Crippen LogP contribution in [0.2, 0.25) is 0 Å². The summed E-state index contributed by atoms with van der Waals surface area (Å²) in [5, 5.41) is 20.1. The number of nitrogens with one attached hydrogen (secondary N) is 2. The van der Waals surface area contributed by atoms with Gasteiger partial charge in [0.05, 0.1) is 13.1 Å². The molecule has 0 aliphatic heterocycles. The molecule has 11 heteroatoms. The molecule has 0 heterocycles. The number of carbonyl (C=O) groups excluding carboxylic acids is 2. The summed E-state index contributed by atoms with van der Waals surface area (Å²) in [6, 6.07) is 0. The van der Waals surface area contributed by atoms with Crippen molar-refractivity contribution in [1.29, 1.82) is 0 Å². The Bertz CT molecular complexity index is 282. The Morgan fingerprint density at radius 1 is 0.789 bits per heavy atom. The largest absolute Gasteiger partial charge is 0.480 e. The fourth-order valence-corrected chi connectivity index (χ4v) is 0.493. The van der Waals surface area contributed by atoms with Gasteiger partial charge in [-0.25, -0.2) is 0 Å². The summed E-state index contributed by atoms with van der Waals surface area (Å²) in [5.74, 6) is -3.07. The van der Waals surface area contributed by atoms with Gasteiger partial charge in [0.15, 0.2) is 0 Å². The number of carboxylic acid groups (broad SMARTS) is 2. The molecule has 1 radical (unpaired) electrons. The van der Waals surface area contributed by atoms with E-state index in [1.807, 2.05) is 0 Å². The molecular formula is C8H16CuN4O6. The predicted molar refractivity (Wildman–Crippen MR) is 59.4 cm³/mol. The third-order valence-electron chi connectivity index (χ3n) is 1.24. The van der Waals surface area contributed by atoms with Gasteiger partial charge in [-0.15, -0.1) is 0 Å². The molecule has 8 N–H and O–H groups in total. The van der Waals surface area contributed by atoms with Gasteiger partial charge in [-0.1, -0.05) is 0 Å². The van der Waals surface area contributed by atoms with Crippen LogP contribution in [-0.2, 0) is 36.2 Å². The van der Waals surface area contributed by atoms with Gasteiger partial charge in [0.2, 0.25) is 11.8 Å². The first-order valence-corrected chi connectivity index (χ1v) is 4.70. The summed E-state index contributed by atoms with van der Waals surface area (Å²) in [6.45, 7) is -1.08. The Kier molecular flexibility index (Phi) is 17.0. The molecule has 0 fully saturated rings. The van der Waals surface area contributed by atoms with Gasteiger partial charge in [-0.05, 0) is 0 Å². The van der Waals surface area contributed by atoms with Crippen LogP contribution in [0.1, 0.15) is 0 Å². The van der Waals surface area contributed by atoms with Crippen molar-refractivity contribution in [2.45, 2.75) is 0 Å². The summed E-state index contributed by atoms with van der Waals surface area (Å²) in [7, 11) is 0. The Labute approximate surface area is 119 Å². The maximum Gasteiger partial charge on any atom is 0.322 e. The van der Waals surface area contributed by atoms with Crippen LogP contribution < -0.4 is 22.1 Å². The molecule has 0 bridgehead atoms. The third kappa shape index (κ3) is 22.0. The molecule has 0 aliphatic rings. The summed E-state index contributed by atoms with van der Waals surface area (Å²) >= 11 is 0. The van der Waals surface area contributed by atoms with E-state index < -0.39 is 23.8 Å². The number of hydrogen-bond donors (Lipinski definition) is 6. The van der Waals surface area contributed by atoms with Crippen LogP contribution in [0.4, 0.5) is 0 Å². The van der Waals surface area contributed by atoms with Crippen LogP contribution in [-0.4, -0.2) is 60.1 Å². The number of amides is 2. The Morgan fingerprint density at radius 2 is 1.05 bits per heavy atom. The molecule has 19 heavy (non-hydrogen) atoms. The summed E-state index contributed by atoms with van der Waals surface area (Å²) in [6.07, 6.45) is 0. The summed E-state index contributed by atoms with van der Waals surface area (Å²) in [4.78, 5) is 40.0. The van der Waals surface area contributed by atoms with Gasteiger partial charge < -0.3 is 32.3 Å². The molecule has 0 aliphatic carbocycles. The first-order chi connectivity index (χ1) is 8.33. The predicted octanol–water partition coefficient (Wildman–Crippen LogP) is -3.71. The minimum absolute atomic E-state index is 0. The fourth-order valence-electron chi connectivity index (χ4n) is 0.493. The van der Waals surface area contributed by atoms with Crippen molar-refractivity contribution in [3.05, 3.63) is 0 Å². The molecule has 0 saturated carbocycles. The third-order valence-corrected chi connectivity index (χ3v) is 1.24. The van der Waals surface area contributed by atoms with E-state index in [1.54, 1.807) is 0 Å². The molecular weight excluding hydrogens is 312 g/mol. The molecule has 0 spiro atoms. The minimum atomic E-state index is -1.07. The van der Waals surface area contributed by atoms with Crippen LogP contribution in [0.25, 0.3) is 0 Å². The van der Waals surface area contributed by atoms with Gasteiger partial charge >= 0.3 is 11.9 Å². The molecule has 0 aromatic carbocycles. The van der Waals surface area contributed by atoms with Crippen LogP contribution in [0, 0.1) is 0 Å². The number of rotatable bonds is 6. The summed E-state index contributed by atoms with van der Waals surface area (Å²) < 4.78 is 0. The first kappa shape index (κ1) is 22.5. The quantitative estimate of drug-likeness (QED) is 0.269. The first-order valence-electron chi connectivity index (χ1n) is 4.70. The van der Waals surface area contributed by atoms with E-state index in [9.17, 15) is 19.2 Å². The topological polar surface area (TPSA) is 185 Å². The average Bonchev–Trinajstić information content (AvgIpc) is 2.33. The van der Waals surface area contributed by atoms with Crippen LogP contribution >= 0.6 is 0 Å². The zero-order valence-corrected chi connectivity index (χ0v) is 10.8. The van der Waals surface area contributed by atoms with Crippen molar-refractivity contribution in [2.24, 2.45) is 11.5 Å². The normalized spacial score (nSPS) is 8.11. The standard InChI is InChI=1S/2C4H8N2O3.Cu/c2*5-1-3(7)6-2-4(8)9;/h2*1-2,5H2,(H,6,7)(H,8,9);. The van der Waals surface area contributed by atoms with Crippen molar-refractivity contribution >= 4 is 23.8 Å². The minimum Gasteiger partial charge on any atom is -0.480 e.